The van der Waals surface area contributed by atoms with E-state index in [1.165, 1.54) is 12.3 Å². The van der Waals surface area contributed by atoms with Gasteiger partial charge in [-0.15, -0.1) is 0 Å². The fourth-order valence-electron chi connectivity index (χ4n) is 3.94. The Morgan fingerprint density at radius 2 is 1.83 bits per heavy atom. The average molecular weight is 520 g/mol. The van der Waals surface area contributed by atoms with Crippen LogP contribution in [0.5, 0.6) is 0 Å². The third kappa shape index (κ3) is 5.71. The molecule has 12 heteroatoms. The lowest BCUT2D eigenvalue weighted by Gasteiger charge is -2.23. The molecule has 1 saturated heterocycles. The monoisotopic (exact) mass is 519 g/mol. The van der Waals surface area contributed by atoms with Crippen LogP contribution in [-0.2, 0) is 16.5 Å². The summed E-state index contributed by atoms with van der Waals surface area (Å²) in [6.45, 7) is 6.28. The maximum Gasteiger partial charge on any atom is 0.412 e. The second-order valence-corrected chi connectivity index (χ2v) is 10.3. The van der Waals surface area contributed by atoms with Gasteiger partial charge in [0.05, 0.1) is 23.1 Å². The summed E-state index contributed by atoms with van der Waals surface area (Å²) in [4.78, 5) is 30.0. The number of ether oxygens (including phenoxy) is 2. The zero-order valence-electron chi connectivity index (χ0n) is 20.4. The summed E-state index contributed by atoms with van der Waals surface area (Å²) in [6, 6.07) is 3.42. The maximum atomic E-state index is 14.5. The Balaban J connectivity index is 1.68. The largest absolute Gasteiger partial charge is 0.444 e. The molecule has 2 N–H and O–H groups in total. The normalized spacial score (nSPS) is 14.5. The minimum absolute atomic E-state index is 0.00379. The molecule has 0 radical (unpaired) electrons. The highest BCUT2D eigenvalue weighted by Gasteiger charge is 2.28. The summed E-state index contributed by atoms with van der Waals surface area (Å²) in [5, 5.41) is 9.48. The topological polar surface area (TPSA) is 107 Å². The predicted octanol–water partition coefficient (Wildman–Crippen LogP) is 5.32. The summed E-state index contributed by atoms with van der Waals surface area (Å²) in [5.74, 6) is -2.21. The number of nitrogens with one attached hydrogen (secondary N) is 2. The van der Waals surface area contributed by atoms with E-state index in [1.807, 2.05) is 0 Å². The minimum Gasteiger partial charge on any atom is -0.444 e. The van der Waals surface area contributed by atoms with Crippen molar-refractivity contribution in [3.05, 3.63) is 47.4 Å². The molecule has 3 heterocycles. The van der Waals surface area contributed by atoms with Crippen LogP contribution in [0, 0.1) is 11.6 Å². The number of thiazole rings is 1. The number of carbonyl (C=O) groups is 2. The number of benzene rings is 1. The van der Waals surface area contributed by atoms with Crippen LogP contribution in [0.3, 0.4) is 0 Å². The molecular formula is C24H27F2N5O4S. The van der Waals surface area contributed by atoms with Gasteiger partial charge in [-0.2, -0.15) is 5.10 Å². The number of anilines is 2. The SMILES string of the molecule is Cn1ncc(NC(=O)c2nc(-c3c(F)cccc3F)sc2NC(=O)OC(C)(C)C)c1C1CCOCC1. The van der Waals surface area contributed by atoms with E-state index in [2.05, 4.69) is 20.7 Å². The number of carbonyl (C=O) groups excluding carboxylic acids is 2. The number of rotatable bonds is 5. The lowest BCUT2D eigenvalue weighted by molar-refractivity contribution is 0.0636. The molecule has 2 amide bonds. The first-order valence-corrected chi connectivity index (χ1v) is 12.2. The van der Waals surface area contributed by atoms with Gasteiger partial charge >= 0.3 is 6.09 Å². The number of hydrogen-bond donors (Lipinski definition) is 2. The number of halogens is 2. The Labute approximate surface area is 210 Å². The minimum atomic E-state index is -0.839. The van der Waals surface area contributed by atoms with Crippen LogP contribution in [0.25, 0.3) is 10.6 Å². The van der Waals surface area contributed by atoms with Gasteiger partial charge in [-0.05, 0) is 45.7 Å². The standard InChI is InChI=1S/C24H27F2N5O4S/c1-24(2,3)35-23(33)30-22-18(29-21(36-22)17-14(25)6-5-7-15(17)26)20(32)28-16-12-27-31(4)19(16)13-8-10-34-11-9-13/h5-7,12-13H,8-11H2,1-4H3,(H,28,32)(H,30,33). The molecule has 9 nitrogen and oxygen atoms in total. The van der Waals surface area contributed by atoms with Crippen molar-refractivity contribution < 1.29 is 27.8 Å². The van der Waals surface area contributed by atoms with Crippen molar-refractivity contribution in [3.8, 4) is 10.6 Å². The lowest BCUT2D eigenvalue weighted by atomic mass is 9.95. The third-order valence-corrected chi connectivity index (χ3v) is 6.46. The van der Waals surface area contributed by atoms with Crippen molar-refractivity contribution in [2.75, 3.05) is 23.8 Å². The third-order valence-electron chi connectivity index (χ3n) is 5.47. The number of amides is 2. The van der Waals surface area contributed by atoms with Crippen LogP contribution in [0.4, 0.5) is 24.3 Å². The predicted molar refractivity (Wildman–Crippen MR) is 131 cm³/mol. The number of aromatic nitrogens is 3. The summed E-state index contributed by atoms with van der Waals surface area (Å²) in [7, 11) is 1.79. The van der Waals surface area contributed by atoms with Crippen molar-refractivity contribution in [1.29, 1.82) is 0 Å². The summed E-state index contributed by atoms with van der Waals surface area (Å²) in [5.41, 5.74) is -0.0667. The Bertz CT molecular complexity index is 1260. The van der Waals surface area contributed by atoms with E-state index in [1.54, 1.807) is 32.5 Å². The fraction of sp³-hybridized carbons (Fsp3) is 0.417. The van der Waals surface area contributed by atoms with Crippen LogP contribution in [-0.4, -0.2) is 45.6 Å². The van der Waals surface area contributed by atoms with Gasteiger partial charge in [0, 0.05) is 26.2 Å². The van der Waals surface area contributed by atoms with Crippen molar-refractivity contribution >= 4 is 34.0 Å². The lowest BCUT2D eigenvalue weighted by Crippen LogP contribution is -2.27. The van der Waals surface area contributed by atoms with Gasteiger partial charge in [-0.1, -0.05) is 17.4 Å². The van der Waals surface area contributed by atoms with Gasteiger partial charge in [0.15, 0.2) is 5.69 Å². The smallest absolute Gasteiger partial charge is 0.412 e. The van der Waals surface area contributed by atoms with E-state index >= 15 is 0 Å². The van der Waals surface area contributed by atoms with Crippen LogP contribution >= 0.6 is 11.3 Å². The van der Waals surface area contributed by atoms with Crippen LogP contribution in [0.1, 0.15) is 55.7 Å². The molecule has 1 aromatic carbocycles. The zero-order valence-corrected chi connectivity index (χ0v) is 21.2. The Morgan fingerprint density at radius 1 is 1.17 bits per heavy atom. The van der Waals surface area contributed by atoms with E-state index in [0.29, 0.717) is 18.9 Å². The molecular weight excluding hydrogens is 492 g/mol. The fourth-order valence-corrected chi connectivity index (χ4v) is 4.94. The van der Waals surface area contributed by atoms with E-state index in [4.69, 9.17) is 9.47 Å². The van der Waals surface area contributed by atoms with E-state index < -0.39 is 34.8 Å². The van der Waals surface area contributed by atoms with Gasteiger partial charge in [-0.25, -0.2) is 18.6 Å². The molecule has 2 aromatic heterocycles. The molecule has 36 heavy (non-hydrogen) atoms. The number of nitrogens with zero attached hydrogens (tertiary/aromatic N) is 3. The summed E-state index contributed by atoms with van der Waals surface area (Å²) >= 11 is 0.770. The molecule has 1 aliphatic rings. The molecule has 0 unspecified atom stereocenters. The second kappa shape index (κ2) is 10.3. The van der Waals surface area contributed by atoms with Crippen molar-refractivity contribution in [3.63, 3.8) is 0 Å². The summed E-state index contributed by atoms with van der Waals surface area (Å²) < 4.78 is 41.4. The highest BCUT2D eigenvalue weighted by atomic mass is 32.1. The molecule has 1 fully saturated rings. The van der Waals surface area contributed by atoms with Crippen LogP contribution in [0.2, 0.25) is 0 Å². The zero-order chi connectivity index (χ0) is 26.0. The molecule has 192 valence electrons. The van der Waals surface area contributed by atoms with Crippen molar-refractivity contribution in [1.82, 2.24) is 14.8 Å². The Hall–Kier alpha value is -3.38. The average Bonchev–Trinajstić information content (AvgIpc) is 3.36. The van der Waals surface area contributed by atoms with Crippen LogP contribution < -0.4 is 10.6 Å². The van der Waals surface area contributed by atoms with Gasteiger partial charge in [0.1, 0.15) is 27.2 Å². The van der Waals surface area contributed by atoms with E-state index in [9.17, 15) is 18.4 Å². The second-order valence-electron chi connectivity index (χ2n) is 9.33. The molecule has 0 aliphatic carbocycles. The van der Waals surface area contributed by atoms with Gasteiger partial charge in [0.25, 0.3) is 5.91 Å². The molecule has 0 spiro atoms. The van der Waals surface area contributed by atoms with Crippen LogP contribution in [0.15, 0.2) is 24.4 Å². The van der Waals surface area contributed by atoms with Crippen molar-refractivity contribution in [2.24, 2.45) is 7.05 Å². The molecule has 0 atom stereocenters. The maximum absolute atomic E-state index is 14.5. The Kier molecular flexibility index (Phi) is 7.36. The van der Waals surface area contributed by atoms with E-state index in [-0.39, 0.29) is 21.6 Å². The van der Waals surface area contributed by atoms with Gasteiger partial charge in [0.2, 0.25) is 0 Å². The number of hydrogen-bond acceptors (Lipinski definition) is 7. The molecule has 3 aromatic rings. The number of aryl methyl sites for hydroxylation is 1. The molecule has 0 saturated carbocycles. The Morgan fingerprint density at radius 3 is 2.47 bits per heavy atom. The van der Waals surface area contributed by atoms with Crippen molar-refractivity contribution in [2.45, 2.75) is 45.1 Å². The quantitative estimate of drug-likeness (QED) is 0.473. The highest BCUT2D eigenvalue weighted by molar-refractivity contribution is 7.19. The molecule has 4 rings (SSSR count). The molecule has 0 bridgehead atoms. The summed E-state index contributed by atoms with van der Waals surface area (Å²) in [6.07, 6.45) is 2.26. The molecule has 1 aliphatic heterocycles. The van der Waals surface area contributed by atoms with Gasteiger partial charge in [-0.3, -0.25) is 14.8 Å². The first-order chi connectivity index (χ1) is 17.0. The van der Waals surface area contributed by atoms with E-state index in [0.717, 1.165) is 42.0 Å². The first-order valence-electron chi connectivity index (χ1n) is 11.4. The van der Waals surface area contributed by atoms with Gasteiger partial charge < -0.3 is 14.8 Å². The highest BCUT2D eigenvalue weighted by Crippen LogP contribution is 2.37. The first kappa shape index (κ1) is 25.7.